The van der Waals surface area contributed by atoms with E-state index in [0.717, 1.165) is 23.7 Å². The molecule has 1 amide bonds. The number of fused-ring (bicyclic) bond motifs is 1. The fourth-order valence-electron chi connectivity index (χ4n) is 2.97. The van der Waals surface area contributed by atoms with Crippen molar-refractivity contribution in [1.82, 2.24) is 15.1 Å². The van der Waals surface area contributed by atoms with Gasteiger partial charge < -0.3 is 5.32 Å². The smallest absolute Gasteiger partial charge is 0.272 e. The van der Waals surface area contributed by atoms with Crippen molar-refractivity contribution >= 4 is 16.8 Å². The van der Waals surface area contributed by atoms with Gasteiger partial charge in [-0.05, 0) is 31.2 Å². The molecule has 1 N–H and O–H groups in total. The third-order valence-corrected chi connectivity index (χ3v) is 4.00. The second kappa shape index (κ2) is 4.68. The Hall–Kier alpha value is -1.84. The first kappa shape index (κ1) is 12.2. The Labute approximate surface area is 112 Å². The minimum absolute atomic E-state index is 0.0455. The molecule has 0 radical (unpaired) electrons. The van der Waals surface area contributed by atoms with Gasteiger partial charge >= 0.3 is 0 Å². The fraction of sp³-hybridized carbons (Fsp3) is 0.467. The zero-order chi connectivity index (χ0) is 13.4. The highest BCUT2D eigenvalue weighted by Gasteiger charge is 2.25. The maximum Gasteiger partial charge on any atom is 0.272 e. The number of carbonyl (C=O) groups is 1. The molecule has 0 spiro atoms. The van der Waals surface area contributed by atoms with E-state index in [1.165, 1.54) is 6.42 Å². The molecule has 2 aromatic rings. The highest BCUT2D eigenvalue weighted by Crippen LogP contribution is 2.25. The third-order valence-electron chi connectivity index (χ3n) is 4.00. The molecule has 0 bridgehead atoms. The summed E-state index contributed by atoms with van der Waals surface area (Å²) in [5, 5.41) is 8.40. The number of hydrogen-bond acceptors (Lipinski definition) is 2. The van der Waals surface area contributed by atoms with Crippen LogP contribution in [0.3, 0.4) is 0 Å². The SMILES string of the molecule is CC1CCC(NC(=O)c2nn(C)c3ccccc23)C1. The number of aromatic nitrogens is 2. The summed E-state index contributed by atoms with van der Waals surface area (Å²) < 4.78 is 1.77. The fourth-order valence-corrected chi connectivity index (χ4v) is 2.97. The monoisotopic (exact) mass is 257 g/mol. The van der Waals surface area contributed by atoms with Crippen LogP contribution in [0, 0.1) is 5.92 Å². The lowest BCUT2D eigenvalue weighted by Gasteiger charge is -2.11. The second-order valence-electron chi connectivity index (χ2n) is 5.58. The lowest BCUT2D eigenvalue weighted by atomic mass is 10.1. The summed E-state index contributed by atoms with van der Waals surface area (Å²) in [6.45, 7) is 2.24. The lowest BCUT2D eigenvalue weighted by Crippen LogP contribution is -2.33. The van der Waals surface area contributed by atoms with Gasteiger partial charge in [0.1, 0.15) is 0 Å². The van der Waals surface area contributed by atoms with Crippen molar-refractivity contribution in [3.8, 4) is 0 Å². The van der Waals surface area contributed by atoms with Gasteiger partial charge in [0.2, 0.25) is 0 Å². The quantitative estimate of drug-likeness (QED) is 0.898. The zero-order valence-electron chi connectivity index (χ0n) is 11.4. The summed E-state index contributed by atoms with van der Waals surface area (Å²) in [7, 11) is 1.87. The van der Waals surface area contributed by atoms with Gasteiger partial charge in [-0.25, -0.2) is 0 Å². The normalized spacial score (nSPS) is 22.8. The van der Waals surface area contributed by atoms with Crippen LogP contribution in [0.1, 0.15) is 36.7 Å². The topological polar surface area (TPSA) is 46.9 Å². The van der Waals surface area contributed by atoms with E-state index in [9.17, 15) is 4.79 Å². The average Bonchev–Trinajstić information content (AvgIpc) is 2.95. The van der Waals surface area contributed by atoms with Crippen molar-refractivity contribution in [2.75, 3.05) is 0 Å². The number of nitrogens with zero attached hydrogens (tertiary/aromatic N) is 2. The number of hydrogen-bond donors (Lipinski definition) is 1. The molecule has 1 fully saturated rings. The van der Waals surface area contributed by atoms with Gasteiger partial charge in [0, 0.05) is 18.5 Å². The molecule has 2 unspecified atom stereocenters. The standard InChI is InChI=1S/C15H19N3O/c1-10-7-8-11(9-10)16-15(19)14-12-5-3-4-6-13(12)18(2)17-14/h3-6,10-11H,7-9H2,1-2H3,(H,16,19). The van der Waals surface area contributed by atoms with E-state index in [0.29, 0.717) is 17.7 Å². The van der Waals surface area contributed by atoms with Crippen LogP contribution >= 0.6 is 0 Å². The van der Waals surface area contributed by atoms with Crippen LogP contribution < -0.4 is 5.32 Å². The van der Waals surface area contributed by atoms with Crippen molar-refractivity contribution in [3.05, 3.63) is 30.0 Å². The molecule has 19 heavy (non-hydrogen) atoms. The molecule has 1 aliphatic rings. The van der Waals surface area contributed by atoms with E-state index in [1.807, 2.05) is 31.3 Å². The lowest BCUT2D eigenvalue weighted by molar-refractivity contribution is 0.0933. The number of aryl methyl sites for hydroxylation is 1. The Bertz CT molecular complexity index is 617. The van der Waals surface area contributed by atoms with Crippen molar-refractivity contribution in [2.24, 2.45) is 13.0 Å². The van der Waals surface area contributed by atoms with E-state index < -0.39 is 0 Å². The summed E-state index contributed by atoms with van der Waals surface area (Å²) in [6.07, 6.45) is 3.36. The van der Waals surface area contributed by atoms with Gasteiger partial charge in [0.05, 0.1) is 5.52 Å². The minimum Gasteiger partial charge on any atom is -0.348 e. The molecule has 1 saturated carbocycles. The third kappa shape index (κ3) is 2.23. The molecule has 1 aromatic heterocycles. The van der Waals surface area contributed by atoms with Crippen LogP contribution in [-0.4, -0.2) is 21.7 Å². The molecule has 3 rings (SSSR count). The number of para-hydroxylation sites is 1. The summed E-state index contributed by atoms with van der Waals surface area (Å²) >= 11 is 0. The maximum atomic E-state index is 12.3. The van der Waals surface area contributed by atoms with Gasteiger partial charge in [-0.2, -0.15) is 5.10 Å². The van der Waals surface area contributed by atoms with Crippen molar-refractivity contribution in [1.29, 1.82) is 0 Å². The van der Waals surface area contributed by atoms with Gasteiger partial charge in [0.15, 0.2) is 5.69 Å². The molecule has 0 aliphatic heterocycles. The molecule has 0 saturated heterocycles. The van der Waals surface area contributed by atoms with E-state index in [1.54, 1.807) is 4.68 Å². The highest BCUT2D eigenvalue weighted by atomic mass is 16.2. The van der Waals surface area contributed by atoms with Gasteiger partial charge in [-0.15, -0.1) is 0 Å². The Morgan fingerprint density at radius 1 is 1.37 bits per heavy atom. The zero-order valence-corrected chi connectivity index (χ0v) is 11.4. The van der Waals surface area contributed by atoms with Crippen molar-refractivity contribution in [2.45, 2.75) is 32.2 Å². The Balaban J connectivity index is 1.86. The molecule has 4 heteroatoms. The molecule has 4 nitrogen and oxygen atoms in total. The van der Waals surface area contributed by atoms with E-state index >= 15 is 0 Å². The van der Waals surface area contributed by atoms with Crippen molar-refractivity contribution in [3.63, 3.8) is 0 Å². The first-order valence-corrected chi connectivity index (χ1v) is 6.87. The summed E-state index contributed by atoms with van der Waals surface area (Å²) in [5.41, 5.74) is 1.53. The van der Waals surface area contributed by atoms with Crippen molar-refractivity contribution < 1.29 is 4.79 Å². The van der Waals surface area contributed by atoms with Crippen LogP contribution in [0.15, 0.2) is 24.3 Å². The molecular formula is C15H19N3O. The van der Waals surface area contributed by atoms with E-state index in [4.69, 9.17) is 0 Å². The Kier molecular flexibility index (Phi) is 3.01. The van der Waals surface area contributed by atoms with Gasteiger partial charge in [-0.3, -0.25) is 9.48 Å². The van der Waals surface area contributed by atoms with Crippen LogP contribution in [0.4, 0.5) is 0 Å². The number of nitrogens with one attached hydrogen (secondary N) is 1. The predicted molar refractivity (Wildman–Crippen MR) is 75.0 cm³/mol. The minimum atomic E-state index is -0.0455. The molecule has 1 heterocycles. The molecule has 2 atom stereocenters. The highest BCUT2D eigenvalue weighted by molar-refractivity contribution is 6.04. The largest absolute Gasteiger partial charge is 0.348 e. The molecule has 1 aliphatic carbocycles. The molecule has 100 valence electrons. The van der Waals surface area contributed by atoms with Crippen LogP contribution in [0.25, 0.3) is 10.9 Å². The summed E-state index contributed by atoms with van der Waals surface area (Å²) in [5.74, 6) is 0.668. The Morgan fingerprint density at radius 2 is 2.16 bits per heavy atom. The summed E-state index contributed by atoms with van der Waals surface area (Å²) in [4.78, 5) is 12.3. The first-order chi connectivity index (χ1) is 9.15. The van der Waals surface area contributed by atoms with E-state index in [-0.39, 0.29) is 5.91 Å². The molecular weight excluding hydrogens is 238 g/mol. The van der Waals surface area contributed by atoms with Gasteiger partial charge in [0.25, 0.3) is 5.91 Å². The number of rotatable bonds is 2. The first-order valence-electron chi connectivity index (χ1n) is 6.87. The second-order valence-corrected chi connectivity index (χ2v) is 5.58. The number of amides is 1. The predicted octanol–water partition coefficient (Wildman–Crippen LogP) is 2.49. The van der Waals surface area contributed by atoms with Crippen LogP contribution in [0.2, 0.25) is 0 Å². The number of carbonyl (C=O) groups excluding carboxylic acids is 1. The van der Waals surface area contributed by atoms with Crippen LogP contribution in [0.5, 0.6) is 0 Å². The number of benzene rings is 1. The summed E-state index contributed by atoms with van der Waals surface area (Å²) in [6, 6.07) is 8.15. The van der Waals surface area contributed by atoms with Gasteiger partial charge in [-0.1, -0.05) is 25.1 Å². The van der Waals surface area contributed by atoms with E-state index in [2.05, 4.69) is 17.3 Å². The maximum absolute atomic E-state index is 12.3. The Morgan fingerprint density at radius 3 is 2.89 bits per heavy atom. The molecule has 1 aromatic carbocycles. The average molecular weight is 257 g/mol. The van der Waals surface area contributed by atoms with Crippen LogP contribution in [-0.2, 0) is 7.05 Å².